The summed E-state index contributed by atoms with van der Waals surface area (Å²) in [6.07, 6.45) is 3.96. The summed E-state index contributed by atoms with van der Waals surface area (Å²) in [5, 5.41) is 3.30. The Morgan fingerprint density at radius 3 is 2.77 bits per heavy atom. The van der Waals surface area contributed by atoms with Crippen LogP contribution in [-0.2, 0) is 16.1 Å². The van der Waals surface area contributed by atoms with Gasteiger partial charge in [0.25, 0.3) is 0 Å². The van der Waals surface area contributed by atoms with E-state index in [1.165, 1.54) is 17.8 Å². The standard InChI is InChI=1S/C22H21F2N3O2S/c23-18-9-8-16(11-19(18)24)26-21(28)14-30-22-25-12-20(15-5-2-1-3-6-15)27(22)13-17-7-4-10-29-17/h1-3,5-6,8-9,11-12,17H,4,7,10,13-14H2,(H,26,28). The molecule has 1 unspecified atom stereocenters. The average molecular weight is 429 g/mol. The highest BCUT2D eigenvalue weighted by Crippen LogP contribution is 2.28. The Morgan fingerprint density at radius 1 is 1.20 bits per heavy atom. The number of hydrogen-bond donors (Lipinski definition) is 1. The van der Waals surface area contributed by atoms with Crippen molar-refractivity contribution in [2.75, 3.05) is 17.7 Å². The molecule has 2 heterocycles. The van der Waals surface area contributed by atoms with Gasteiger partial charge in [0.15, 0.2) is 16.8 Å². The van der Waals surface area contributed by atoms with E-state index in [4.69, 9.17) is 4.74 Å². The molecule has 3 aromatic rings. The smallest absolute Gasteiger partial charge is 0.234 e. The predicted octanol–water partition coefficient (Wildman–Crippen LogP) is 4.74. The Balaban J connectivity index is 1.48. The zero-order valence-corrected chi connectivity index (χ0v) is 17.0. The first-order valence-corrected chi connectivity index (χ1v) is 10.7. The van der Waals surface area contributed by atoms with Crippen LogP contribution in [0.3, 0.4) is 0 Å². The van der Waals surface area contributed by atoms with Crippen molar-refractivity contribution in [1.82, 2.24) is 9.55 Å². The summed E-state index contributed by atoms with van der Waals surface area (Å²) in [4.78, 5) is 16.8. The second-order valence-corrected chi connectivity index (χ2v) is 7.95. The van der Waals surface area contributed by atoms with E-state index in [9.17, 15) is 13.6 Å². The summed E-state index contributed by atoms with van der Waals surface area (Å²) >= 11 is 1.30. The van der Waals surface area contributed by atoms with Crippen LogP contribution in [0.1, 0.15) is 12.8 Å². The maximum Gasteiger partial charge on any atom is 0.234 e. The minimum Gasteiger partial charge on any atom is -0.376 e. The summed E-state index contributed by atoms with van der Waals surface area (Å²) in [5.41, 5.74) is 2.22. The van der Waals surface area contributed by atoms with Gasteiger partial charge < -0.3 is 14.6 Å². The SMILES string of the molecule is O=C(CSc1ncc(-c2ccccc2)n1CC1CCCO1)Nc1ccc(F)c(F)c1. The maximum absolute atomic E-state index is 13.3. The summed E-state index contributed by atoms with van der Waals surface area (Å²) in [7, 11) is 0. The number of halogens is 2. The van der Waals surface area contributed by atoms with Crippen LogP contribution in [0.2, 0.25) is 0 Å². The number of carbonyl (C=O) groups excluding carboxylic acids is 1. The third-order valence-corrected chi connectivity index (χ3v) is 5.82. The lowest BCUT2D eigenvalue weighted by Gasteiger charge is -2.16. The second-order valence-electron chi connectivity index (χ2n) is 7.00. The monoisotopic (exact) mass is 429 g/mol. The van der Waals surface area contributed by atoms with E-state index >= 15 is 0 Å². The lowest BCUT2D eigenvalue weighted by Crippen LogP contribution is -2.18. The Hall–Kier alpha value is -2.71. The number of rotatable bonds is 7. The van der Waals surface area contributed by atoms with Gasteiger partial charge in [-0.05, 0) is 30.5 Å². The van der Waals surface area contributed by atoms with Gasteiger partial charge in [-0.15, -0.1) is 0 Å². The molecular formula is C22H21F2N3O2S. The number of nitrogens with one attached hydrogen (secondary N) is 1. The number of nitrogens with zero attached hydrogens (tertiary/aromatic N) is 2. The first-order chi connectivity index (χ1) is 14.6. The number of amides is 1. The predicted molar refractivity (Wildman–Crippen MR) is 112 cm³/mol. The van der Waals surface area contributed by atoms with E-state index in [0.717, 1.165) is 42.8 Å². The number of benzene rings is 2. The van der Waals surface area contributed by atoms with E-state index in [1.54, 1.807) is 6.20 Å². The molecule has 0 bridgehead atoms. The summed E-state index contributed by atoms with van der Waals surface area (Å²) in [5.74, 6) is -2.18. The van der Waals surface area contributed by atoms with Crippen molar-refractivity contribution in [3.63, 3.8) is 0 Å². The van der Waals surface area contributed by atoms with Crippen molar-refractivity contribution in [3.8, 4) is 11.3 Å². The molecule has 1 aliphatic heterocycles. The topological polar surface area (TPSA) is 56.2 Å². The van der Waals surface area contributed by atoms with Gasteiger partial charge in [-0.25, -0.2) is 13.8 Å². The second kappa shape index (κ2) is 9.40. The van der Waals surface area contributed by atoms with Crippen LogP contribution < -0.4 is 5.32 Å². The van der Waals surface area contributed by atoms with Gasteiger partial charge in [0.2, 0.25) is 5.91 Å². The zero-order valence-electron chi connectivity index (χ0n) is 16.2. The fraction of sp³-hybridized carbons (Fsp3) is 0.273. The molecule has 0 spiro atoms. The third-order valence-electron chi connectivity index (χ3n) is 4.83. The Kier molecular flexibility index (Phi) is 6.44. The molecule has 0 saturated carbocycles. The quantitative estimate of drug-likeness (QED) is 0.552. The van der Waals surface area contributed by atoms with Crippen molar-refractivity contribution in [1.29, 1.82) is 0 Å². The van der Waals surface area contributed by atoms with E-state index in [2.05, 4.69) is 14.9 Å². The molecule has 156 valence electrons. The zero-order chi connectivity index (χ0) is 20.9. The number of aromatic nitrogens is 2. The van der Waals surface area contributed by atoms with Crippen LogP contribution in [-0.4, -0.2) is 33.9 Å². The molecular weight excluding hydrogens is 408 g/mol. The van der Waals surface area contributed by atoms with Crippen molar-refractivity contribution in [2.24, 2.45) is 0 Å². The molecule has 4 rings (SSSR count). The summed E-state index contributed by atoms with van der Waals surface area (Å²) in [6, 6.07) is 13.2. The minimum atomic E-state index is -1.000. The van der Waals surface area contributed by atoms with Crippen LogP contribution >= 0.6 is 11.8 Å². The molecule has 1 saturated heterocycles. The van der Waals surface area contributed by atoms with Gasteiger partial charge in [0.05, 0.1) is 30.3 Å². The van der Waals surface area contributed by atoms with Crippen molar-refractivity contribution >= 4 is 23.4 Å². The van der Waals surface area contributed by atoms with Gasteiger partial charge >= 0.3 is 0 Å². The highest BCUT2D eigenvalue weighted by Gasteiger charge is 2.21. The first kappa shape index (κ1) is 20.6. The highest BCUT2D eigenvalue weighted by molar-refractivity contribution is 7.99. The van der Waals surface area contributed by atoms with Gasteiger partial charge in [-0.1, -0.05) is 42.1 Å². The number of hydrogen-bond acceptors (Lipinski definition) is 4. The van der Waals surface area contributed by atoms with E-state index in [0.29, 0.717) is 11.7 Å². The van der Waals surface area contributed by atoms with E-state index in [-0.39, 0.29) is 23.5 Å². The first-order valence-electron chi connectivity index (χ1n) is 9.70. The number of ether oxygens (including phenoxy) is 1. The Bertz CT molecular complexity index is 1020. The van der Waals surface area contributed by atoms with Gasteiger partial charge in [-0.3, -0.25) is 4.79 Å². The summed E-state index contributed by atoms with van der Waals surface area (Å²) in [6.45, 7) is 1.43. The number of thioether (sulfide) groups is 1. The van der Waals surface area contributed by atoms with Gasteiger partial charge in [0, 0.05) is 18.4 Å². The van der Waals surface area contributed by atoms with Gasteiger partial charge in [0.1, 0.15) is 0 Å². The maximum atomic E-state index is 13.3. The normalized spacial score (nSPS) is 16.0. The number of imidazole rings is 1. The molecule has 1 aliphatic rings. The van der Waals surface area contributed by atoms with Crippen LogP contribution in [0.15, 0.2) is 59.9 Å². The molecule has 1 aromatic heterocycles. The molecule has 2 aromatic carbocycles. The molecule has 0 radical (unpaired) electrons. The lowest BCUT2D eigenvalue weighted by atomic mass is 10.1. The Morgan fingerprint density at radius 2 is 2.03 bits per heavy atom. The van der Waals surface area contributed by atoms with Crippen LogP contribution in [0.4, 0.5) is 14.5 Å². The third kappa shape index (κ3) is 4.88. The van der Waals surface area contributed by atoms with E-state index in [1.807, 2.05) is 30.3 Å². The molecule has 1 amide bonds. The summed E-state index contributed by atoms with van der Waals surface area (Å²) < 4.78 is 34.3. The van der Waals surface area contributed by atoms with E-state index < -0.39 is 11.6 Å². The molecule has 1 atom stereocenters. The molecule has 8 heteroatoms. The number of carbonyl (C=O) groups is 1. The minimum absolute atomic E-state index is 0.0930. The van der Waals surface area contributed by atoms with Crippen molar-refractivity contribution in [3.05, 3.63) is 66.4 Å². The molecule has 0 aliphatic carbocycles. The molecule has 30 heavy (non-hydrogen) atoms. The fourth-order valence-electron chi connectivity index (χ4n) is 3.38. The van der Waals surface area contributed by atoms with Crippen LogP contribution in [0.25, 0.3) is 11.3 Å². The average Bonchev–Trinajstić information content (AvgIpc) is 3.40. The number of anilines is 1. The van der Waals surface area contributed by atoms with Gasteiger partial charge in [-0.2, -0.15) is 0 Å². The lowest BCUT2D eigenvalue weighted by molar-refractivity contribution is -0.113. The Labute approximate surface area is 177 Å². The fourth-order valence-corrected chi connectivity index (χ4v) is 4.17. The van der Waals surface area contributed by atoms with Crippen LogP contribution in [0, 0.1) is 11.6 Å². The van der Waals surface area contributed by atoms with Crippen molar-refractivity contribution in [2.45, 2.75) is 30.6 Å². The van der Waals surface area contributed by atoms with Crippen molar-refractivity contribution < 1.29 is 18.3 Å². The highest BCUT2D eigenvalue weighted by atomic mass is 32.2. The largest absolute Gasteiger partial charge is 0.376 e. The van der Waals surface area contributed by atoms with Crippen LogP contribution in [0.5, 0.6) is 0 Å². The molecule has 1 fully saturated rings. The molecule has 5 nitrogen and oxygen atoms in total. The molecule has 1 N–H and O–H groups in total.